The number of rotatable bonds is 8. The molecule has 7 nitrogen and oxygen atoms in total. The number of ether oxygens (including phenoxy) is 1. The van der Waals surface area contributed by atoms with Gasteiger partial charge in [-0.1, -0.05) is 89.1 Å². The van der Waals surface area contributed by atoms with Gasteiger partial charge in [0, 0.05) is 57.4 Å². The predicted octanol–water partition coefficient (Wildman–Crippen LogP) is 7.88. The van der Waals surface area contributed by atoms with Gasteiger partial charge in [0.15, 0.2) is 4.80 Å². The summed E-state index contributed by atoms with van der Waals surface area (Å²) in [5.41, 5.74) is 5.48. The van der Waals surface area contributed by atoms with Crippen LogP contribution in [0, 0.1) is 6.92 Å². The number of allylic oxidation sites excluding steroid dienone is 1. The average molecular weight is 724 g/mol. The lowest BCUT2D eigenvalue weighted by Crippen LogP contribution is -2.43. The van der Waals surface area contributed by atoms with Crippen LogP contribution in [0.2, 0.25) is 10.0 Å². The number of methoxy groups -OCH3 is 1. The fourth-order valence-corrected chi connectivity index (χ4v) is 8.58. The van der Waals surface area contributed by atoms with Gasteiger partial charge in [0.05, 0.1) is 22.9 Å². The fraction of sp³-hybridized carbons (Fsp3) is 0.225. The molecule has 0 unspecified atom stereocenters. The lowest BCUT2D eigenvalue weighted by molar-refractivity contribution is -0.127. The van der Waals surface area contributed by atoms with Crippen LogP contribution in [0.1, 0.15) is 49.2 Å². The molecule has 7 rings (SSSR count). The number of carbonyl (C=O) groups is 1. The highest BCUT2D eigenvalue weighted by Crippen LogP contribution is 2.40. The number of para-hydroxylation sites is 1. The summed E-state index contributed by atoms with van der Waals surface area (Å²) in [5, 5.41) is 4.09. The van der Waals surface area contributed by atoms with Crippen molar-refractivity contribution >= 4 is 68.2 Å². The van der Waals surface area contributed by atoms with Crippen molar-refractivity contribution in [3.63, 3.8) is 0 Å². The van der Waals surface area contributed by atoms with E-state index in [0.29, 0.717) is 56.0 Å². The van der Waals surface area contributed by atoms with Crippen LogP contribution in [0.5, 0.6) is 5.75 Å². The van der Waals surface area contributed by atoms with Crippen molar-refractivity contribution in [2.24, 2.45) is 4.99 Å². The zero-order valence-corrected chi connectivity index (χ0v) is 30.8. The lowest BCUT2D eigenvalue weighted by atomic mass is 9.90. The first-order valence-corrected chi connectivity index (χ1v) is 18.1. The average Bonchev–Trinajstić information content (AvgIpc) is 3.56. The molecule has 50 heavy (non-hydrogen) atoms. The molecule has 0 radical (unpaired) electrons. The molecular weight excluding hydrogens is 687 g/mol. The van der Waals surface area contributed by atoms with E-state index in [9.17, 15) is 9.59 Å². The number of aromatic nitrogens is 2. The second kappa shape index (κ2) is 13.6. The molecule has 0 fully saturated rings. The molecular formula is C40H36Cl2N4O3S. The summed E-state index contributed by atoms with van der Waals surface area (Å²) in [6.45, 7) is 9.42. The summed E-state index contributed by atoms with van der Waals surface area (Å²) in [4.78, 5) is 36.4. The number of fused-ring (bicyclic) bond motifs is 3. The smallest absolute Gasteiger partial charge is 0.271 e. The lowest BCUT2D eigenvalue weighted by Gasteiger charge is -2.30. The van der Waals surface area contributed by atoms with E-state index in [0.717, 1.165) is 44.1 Å². The molecule has 1 atom stereocenters. The maximum Gasteiger partial charge on any atom is 0.271 e. The third-order valence-electron chi connectivity index (χ3n) is 9.63. The summed E-state index contributed by atoms with van der Waals surface area (Å²) < 4.78 is 10.4. The molecule has 2 aromatic heterocycles. The standard InChI is InChI=1S/C40H36Cl2N4O3S/c1-6-44(7-2)39(48)35-23(3)43-40-46(37(35)36-28-13-9-8-12-25(28)17-19-33(36)49-5)38(47)34(50-40)21-30-24(4)45(32-15-11-10-14-29(30)32)22-26-16-18-27(41)20-31(26)42/h8-21,37H,6-7,22H2,1-5H3/b34-21+/t37-/m1/s1. The van der Waals surface area contributed by atoms with E-state index in [2.05, 4.69) is 23.6 Å². The van der Waals surface area contributed by atoms with E-state index in [-0.39, 0.29) is 11.5 Å². The second-order valence-electron chi connectivity index (χ2n) is 12.3. The van der Waals surface area contributed by atoms with Crippen LogP contribution in [0.3, 0.4) is 0 Å². The summed E-state index contributed by atoms with van der Waals surface area (Å²) in [5.74, 6) is 0.452. The molecule has 0 spiro atoms. The van der Waals surface area contributed by atoms with Gasteiger partial charge in [0.2, 0.25) is 0 Å². The Morgan fingerprint density at radius 1 is 0.980 bits per heavy atom. The third-order valence-corrected chi connectivity index (χ3v) is 11.2. The summed E-state index contributed by atoms with van der Waals surface area (Å²) in [6, 6.07) is 24.8. The largest absolute Gasteiger partial charge is 0.496 e. The van der Waals surface area contributed by atoms with Gasteiger partial charge in [0.25, 0.3) is 11.5 Å². The van der Waals surface area contributed by atoms with Crippen molar-refractivity contribution in [3.05, 3.63) is 142 Å². The predicted molar refractivity (Wildman–Crippen MR) is 204 cm³/mol. The molecule has 6 aromatic rings. The fourth-order valence-electron chi connectivity index (χ4n) is 7.08. The first-order valence-electron chi connectivity index (χ1n) is 16.6. The maximum atomic E-state index is 14.8. The minimum Gasteiger partial charge on any atom is -0.496 e. The molecule has 0 bridgehead atoms. The van der Waals surface area contributed by atoms with Gasteiger partial charge in [0.1, 0.15) is 11.8 Å². The Kier molecular flexibility index (Phi) is 9.20. The van der Waals surface area contributed by atoms with E-state index >= 15 is 0 Å². The van der Waals surface area contributed by atoms with Gasteiger partial charge in [-0.2, -0.15) is 0 Å². The highest BCUT2D eigenvalue weighted by atomic mass is 35.5. The Labute approximate surface area is 304 Å². The van der Waals surface area contributed by atoms with Crippen molar-refractivity contribution in [2.75, 3.05) is 20.2 Å². The van der Waals surface area contributed by atoms with Gasteiger partial charge in [-0.05, 0) is 74.4 Å². The molecule has 10 heteroatoms. The number of hydrogen-bond donors (Lipinski definition) is 0. The molecule has 0 aliphatic carbocycles. The Morgan fingerprint density at radius 2 is 1.70 bits per heavy atom. The van der Waals surface area contributed by atoms with Crippen molar-refractivity contribution in [1.29, 1.82) is 0 Å². The van der Waals surface area contributed by atoms with Gasteiger partial charge in [-0.3, -0.25) is 14.2 Å². The number of halogens is 2. The summed E-state index contributed by atoms with van der Waals surface area (Å²) in [6.07, 6.45) is 1.96. The van der Waals surface area contributed by atoms with Crippen molar-refractivity contribution < 1.29 is 9.53 Å². The van der Waals surface area contributed by atoms with Crippen LogP contribution in [-0.2, 0) is 11.3 Å². The van der Waals surface area contributed by atoms with Crippen molar-refractivity contribution in [3.8, 4) is 5.75 Å². The van der Waals surface area contributed by atoms with E-state index in [1.165, 1.54) is 11.3 Å². The molecule has 1 amide bonds. The van der Waals surface area contributed by atoms with Crippen LogP contribution in [0.25, 0.3) is 27.8 Å². The number of nitrogens with zero attached hydrogens (tertiary/aromatic N) is 4. The van der Waals surface area contributed by atoms with Gasteiger partial charge in [-0.15, -0.1) is 0 Å². The maximum absolute atomic E-state index is 14.8. The monoisotopic (exact) mass is 722 g/mol. The van der Waals surface area contributed by atoms with Crippen LogP contribution in [0.15, 0.2) is 99.9 Å². The molecule has 254 valence electrons. The second-order valence-corrected chi connectivity index (χ2v) is 14.2. The van der Waals surface area contributed by atoms with Crippen LogP contribution in [-0.4, -0.2) is 40.1 Å². The van der Waals surface area contributed by atoms with Gasteiger partial charge >= 0.3 is 0 Å². The Balaban J connectivity index is 1.48. The van der Waals surface area contributed by atoms with E-state index in [1.807, 2.05) is 87.5 Å². The number of amides is 1. The zero-order valence-electron chi connectivity index (χ0n) is 28.5. The highest BCUT2D eigenvalue weighted by molar-refractivity contribution is 7.07. The molecule has 1 aliphatic heterocycles. The molecule has 0 saturated heterocycles. The van der Waals surface area contributed by atoms with Crippen molar-refractivity contribution in [1.82, 2.24) is 14.0 Å². The zero-order chi connectivity index (χ0) is 35.3. The molecule has 0 saturated carbocycles. The SMILES string of the molecule is CCN(CC)C(=O)C1=C(C)N=c2s/c(=C/c3c(C)n(Cc4ccc(Cl)cc4Cl)c4ccccc34)c(=O)n2[C@H]1c1c(OC)ccc2ccccc12. The molecule has 3 heterocycles. The van der Waals surface area contributed by atoms with Gasteiger partial charge in [-0.25, -0.2) is 4.99 Å². The third kappa shape index (κ3) is 5.65. The minimum absolute atomic E-state index is 0.148. The number of hydrogen-bond acceptors (Lipinski definition) is 5. The number of benzene rings is 4. The normalized spacial score (nSPS) is 14.7. The van der Waals surface area contributed by atoms with Crippen molar-refractivity contribution in [2.45, 2.75) is 40.3 Å². The Bertz CT molecular complexity index is 2540. The summed E-state index contributed by atoms with van der Waals surface area (Å²) in [7, 11) is 1.62. The van der Waals surface area contributed by atoms with E-state index in [1.54, 1.807) is 22.6 Å². The first-order chi connectivity index (χ1) is 24.2. The van der Waals surface area contributed by atoms with Crippen LogP contribution >= 0.6 is 34.5 Å². The Morgan fingerprint density at radius 3 is 2.42 bits per heavy atom. The van der Waals surface area contributed by atoms with Gasteiger partial charge < -0.3 is 14.2 Å². The number of likely N-dealkylation sites (N-methyl/N-ethyl adjacent to an activating group) is 1. The number of carbonyl (C=O) groups excluding carboxylic acids is 1. The molecule has 0 N–H and O–H groups in total. The van der Waals surface area contributed by atoms with Crippen LogP contribution in [0.4, 0.5) is 0 Å². The molecule has 4 aromatic carbocycles. The topological polar surface area (TPSA) is 68.8 Å². The minimum atomic E-state index is -0.753. The number of thiazole rings is 1. The first kappa shape index (κ1) is 33.8. The summed E-state index contributed by atoms with van der Waals surface area (Å²) >= 11 is 14.1. The quantitative estimate of drug-likeness (QED) is 0.161. The van der Waals surface area contributed by atoms with Crippen LogP contribution < -0.4 is 19.6 Å². The Hall–Kier alpha value is -4.63. The highest BCUT2D eigenvalue weighted by Gasteiger charge is 2.36. The van der Waals surface area contributed by atoms with E-state index in [4.69, 9.17) is 32.9 Å². The van der Waals surface area contributed by atoms with E-state index < -0.39 is 6.04 Å². The molecule has 1 aliphatic rings.